The molecule has 12 aromatic carbocycles. The summed E-state index contributed by atoms with van der Waals surface area (Å²) in [6.07, 6.45) is 0.116. The van der Waals surface area contributed by atoms with E-state index >= 15 is 0 Å². The second-order valence-electron chi connectivity index (χ2n) is 31.0. The SMILES string of the molecule is CCc1cc(C)c(Cl)cc1OCc1c(Br)cccc1OC(=O)OC.CCc1cc(C)c(Cl)cc1OCc1c(C)cccc1OC(=O)OC.CCc1cc(C)c(Cl)cc1OCc1c(Cl)cccc1OC(=O)OC.CCc1cc(C)c(Cl)cc1OCc1c(F)cccc1OC(=O)OC.CCc1cc(C)c(Cl)cc1OCc1c(I)cccc1OC(=O)OC.CCc1cc(C)c(Cl)cc1OCc1ccccc1OC(=O)OC. The lowest BCUT2D eigenvalue weighted by Gasteiger charge is -2.16. The Morgan fingerprint density at radius 2 is 0.497 bits per heavy atom. The molecule has 762 valence electrons. The van der Waals surface area contributed by atoms with Crippen LogP contribution in [0.3, 0.4) is 0 Å². The minimum atomic E-state index is -0.922. The van der Waals surface area contributed by atoms with Gasteiger partial charge in [-0.1, -0.05) is 230 Å². The minimum Gasteiger partial charge on any atom is -0.488 e. The maximum atomic E-state index is 14.1. The fourth-order valence-corrected chi connectivity index (χ4v) is 15.5. The lowest BCUT2D eigenvalue weighted by molar-refractivity contribution is 0.119. The summed E-state index contributed by atoms with van der Waals surface area (Å²) in [7, 11) is 7.50. The second kappa shape index (κ2) is 60.1. The Labute approximate surface area is 890 Å². The van der Waals surface area contributed by atoms with Crippen molar-refractivity contribution in [1.82, 2.24) is 0 Å². The Bertz CT molecular complexity index is 5650. The van der Waals surface area contributed by atoms with Crippen molar-refractivity contribution in [2.24, 2.45) is 0 Å². The molecule has 143 heavy (non-hydrogen) atoms. The van der Waals surface area contributed by atoms with E-state index in [9.17, 15) is 33.2 Å². The Kier molecular flexibility index (Phi) is 49.7. The molecule has 0 atom stereocenters. The van der Waals surface area contributed by atoms with Crippen LogP contribution in [0.4, 0.5) is 33.2 Å². The number of carbonyl (C=O) groups is 6. The summed E-state index contributed by atoms with van der Waals surface area (Å²) in [5, 5.41) is 4.28. The van der Waals surface area contributed by atoms with Gasteiger partial charge >= 0.3 is 36.9 Å². The number of ether oxygens (including phenoxy) is 18. The minimum absolute atomic E-state index is 0.0538. The Morgan fingerprint density at radius 1 is 0.252 bits per heavy atom. The number of benzene rings is 12. The molecule has 0 spiro atoms. The van der Waals surface area contributed by atoms with Gasteiger partial charge in [-0.2, -0.15) is 0 Å². The van der Waals surface area contributed by atoms with Crippen LogP contribution in [0, 0.1) is 57.9 Å². The molecule has 12 aromatic rings. The van der Waals surface area contributed by atoms with E-state index in [1.165, 1.54) is 60.9 Å². The molecule has 12 rings (SSSR count). The summed E-state index contributed by atoms with van der Waals surface area (Å²) in [4.78, 5) is 68.1. The standard InChI is InChI=1S/C19H21ClO4.C18H18BrClO4.C18H18Cl2O4.C18H18ClFO4.C18H18ClIO4.C18H19ClO4/c1-5-14-9-13(3)16(20)10-18(14)23-11-15-12(2)7-6-8-17(15)24-19(21)22-4;2*1-4-12-8-11(2)15(20)9-17(12)23-10-13-14(19)6-5-7-16(13)24-18(21)22-3;2*1-4-12-8-11(2)14(19)9-17(12)23-10-13-15(20)6-5-7-16(13)24-18(21)22-3;1-4-13-9-12(2)15(19)10-17(13)22-11-14-7-5-6-8-16(14)23-18(20)21-3/h6-10H,5,11H2,1-4H3;4*5-9H,4,10H2,1-3H3;5-10H,4,11H2,1-3H3. The number of hydrogen-bond acceptors (Lipinski definition) is 24. The highest BCUT2D eigenvalue weighted by atomic mass is 127. The van der Waals surface area contributed by atoms with Crippen molar-refractivity contribution in [1.29, 1.82) is 0 Å². The molecule has 0 radical (unpaired) electrons. The van der Waals surface area contributed by atoms with Gasteiger partial charge < -0.3 is 85.3 Å². The fourth-order valence-electron chi connectivity index (χ4n) is 13.3. The molecule has 0 fully saturated rings. The second-order valence-corrected chi connectivity index (χ2v) is 35.8. The van der Waals surface area contributed by atoms with Crippen LogP contribution in [0.15, 0.2) is 193 Å². The van der Waals surface area contributed by atoms with Crippen molar-refractivity contribution in [2.45, 2.75) is 168 Å². The zero-order chi connectivity index (χ0) is 105. The normalized spacial score (nSPS) is 10.4. The van der Waals surface area contributed by atoms with E-state index in [1.807, 2.05) is 165 Å². The van der Waals surface area contributed by atoms with Gasteiger partial charge in [-0.3, -0.25) is 0 Å². The average Bonchev–Trinajstić information content (AvgIpc) is 0.835. The molecular weight excluding hydrogens is 2170 g/mol. The molecular formula is C109H112BrCl7FIO24. The molecule has 0 saturated heterocycles. The Morgan fingerprint density at radius 3 is 0.839 bits per heavy atom. The van der Waals surface area contributed by atoms with E-state index in [1.54, 1.807) is 66.7 Å². The van der Waals surface area contributed by atoms with Crippen molar-refractivity contribution in [3.8, 4) is 69.0 Å². The molecule has 0 aliphatic rings. The number of para-hydroxylation sites is 1. The first kappa shape index (κ1) is 118. The molecule has 0 aliphatic carbocycles. The molecule has 0 saturated carbocycles. The zero-order valence-electron chi connectivity index (χ0n) is 82.5. The van der Waals surface area contributed by atoms with Gasteiger partial charge in [0.2, 0.25) is 0 Å². The predicted molar refractivity (Wildman–Crippen MR) is 566 cm³/mol. The summed E-state index contributed by atoms with van der Waals surface area (Å²) in [5.41, 5.74) is 17.0. The van der Waals surface area contributed by atoms with Crippen molar-refractivity contribution in [3.05, 3.63) is 343 Å². The zero-order valence-corrected chi connectivity index (χ0v) is 91.5. The van der Waals surface area contributed by atoms with Gasteiger partial charge in [0.25, 0.3) is 0 Å². The van der Waals surface area contributed by atoms with Crippen LogP contribution in [0.1, 0.15) is 147 Å². The predicted octanol–water partition coefficient (Wildman–Crippen LogP) is 32.1. The third kappa shape index (κ3) is 36.2. The van der Waals surface area contributed by atoms with Crippen molar-refractivity contribution >= 4 is 157 Å². The van der Waals surface area contributed by atoms with Crippen LogP contribution in [-0.4, -0.2) is 79.6 Å². The molecule has 0 amide bonds. The maximum Gasteiger partial charge on any atom is 0.513 e. The topological polar surface area (TPSA) is 269 Å². The highest BCUT2D eigenvalue weighted by Crippen LogP contribution is 2.40. The number of aryl methyl sites for hydroxylation is 13. The van der Waals surface area contributed by atoms with Crippen LogP contribution in [0.5, 0.6) is 69.0 Å². The largest absolute Gasteiger partial charge is 0.513 e. The molecule has 24 nitrogen and oxygen atoms in total. The lowest BCUT2D eigenvalue weighted by Crippen LogP contribution is -2.11. The summed E-state index contributed by atoms with van der Waals surface area (Å²) >= 11 is 49.0. The van der Waals surface area contributed by atoms with Crippen molar-refractivity contribution in [2.75, 3.05) is 42.7 Å². The van der Waals surface area contributed by atoms with Gasteiger partial charge in [0.15, 0.2) is 0 Å². The third-order valence-corrected chi connectivity index (χ3v) is 25.9. The molecule has 34 heteroatoms. The summed E-state index contributed by atoms with van der Waals surface area (Å²) in [6, 6.07) is 55.4. The Hall–Kier alpha value is -11.8. The van der Waals surface area contributed by atoms with Crippen molar-refractivity contribution < 1.29 is 118 Å². The van der Waals surface area contributed by atoms with E-state index in [4.69, 9.17) is 138 Å². The monoisotopic (exact) mass is 2270 g/mol. The highest BCUT2D eigenvalue weighted by molar-refractivity contribution is 14.1. The summed E-state index contributed by atoms with van der Waals surface area (Å²) in [5.74, 6) is 5.63. The number of rotatable bonds is 30. The first-order valence-electron chi connectivity index (χ1n) is 44.7. The molecule has 0 aliphatic heterocycles. The molecule has 0 bridgehead atoms. The third-order valence-electron chi connectivity index (χ3n) is 21.4. The van der Waals surface area contributed by atoms with Crippen LogP contribution >= 0.6 is 120 Å². The van der Waals surface area contributed by atoms with E-state index < -0.39 is 42.7 Å². The van der Waals surface area contributed by atoms with E-state index in [0.29, 0.717) is 92.3 Å². The number of hydrogen-bond donors (Lipinski definition) is 0. The van der Waals surface area contributed by atoms with E-state index in [-0.39, 0.29) is 51.0 Å². The van der Waals surface area contributed by atoms with Gasteiger partial charge in [0.05, 0.1) is 58.8 Å². The van der Waals surface area contributed by atoms with Crippen LogP contribution in [0.25, 0.3) is 0 Å². The van der Waals surface area contributed by atoms with Crippen molar-refractivity contribution in [3.63, 3.8) is 0 Å². The molecule has 0 heterocycles. The number of carbonyl (C=O) groups excluding carboxylic acids is 6. The first-order valence-corrected chi connectivity index (χ1v) is 49.2. The van der Waals surface area contributed by atoms with Gasteiger partial charge in [-0.05, 0) is 279 Å². The first-order chi connectivity index (χ1) is 68.3. The van der Waals surface area contributed by atoms with Crippen LogP contribution in [0.2, 0.25) is 35.2 Å². The maximum absolute atomic E-state index is 14.1. The fraction of sp³-hybridized carbons (Fsp3) is 0.284. The molecule has 0 aromatic heterocycles. The van der Waals surface area contributed by atoms with E-state index in [2.05, 4.69) is 94.6 Å². The van der Waals surface area contributed by atoms with Gasteiger partial charge in [-0.15, -0.1) is 0 Å². The summed E-state index contributed by atoms with van der Waals surface area (Å²) in [6.45, 7) is 27.0. The molecule has 0 N–H and O–H groups in total. The Balaban J connectivity index is 0.000000233. The molecule has 0 unspecified atom stereocenters. The number of methoxy groups -OCH3 is 6. The smallest absolute Gasteiger partial charge is 0.488 e. The lowest BCUT2D eigenvalue weighted by atomic mass is 10.1. The van der Waals surface area contributed by atoms with Gasteiger partial charge in [0, 0.05) is 60.4 Å². The van der Waals surface area contributed by atoms with Crippen LogP contribution < -0.4 is 56.8 Å². The number of halogens is 10. The quantitative estimate of drug-likeness (QED) is 0.0175. The van der Waals surface area contributed by atoms with Gasteiger partial charge in [0.1, 0.15) is 114 Å². The highest BCUT2D eigenvalue weighted by Gasteiger charge is 2.24. The van der Waals surface area contributed by atoms with Crippen LogP contribution in [-0.2, 0) is 107 Å². The summed E-state index contributed by atoms with van der Waals surface area (Å²) < 4.78 is 109. The van der Waals surface area contributed by atoms with E-state index in [0.717, 1.165) is 153 Å². The van der Waals surface area contributed by atoms with Gasteiger partial charge in [-0.25, -0.2) is 33.2 Å². The average molecular weight is 2280 g/mol.